The summed E-state index contributed by atoms with van der Waals surface area (Å²) >= 11 is 0. The summed E-state index contributed by atoms with van der Waals surface area (Å²) in [7, 11) is 1.73. The lowest BCUT2D eigenvalue weighted by molar-refractivity contribution is -0.0494. The monoisotopic (exact) mass is 271 g/mol. The number of rotatable bonds is 5. The van der Waals surface area contributed by atoms with Crippen molar-refractivity contribution in [3.8, 4) is 5.75 Å². The standard InChI is InChI=1S/C14H19F2NO2/c1-18-11-8-6-10(7-9-11)17-12-4-2-3-5-13(12)19-14(15)16/h2-5,10-11,14,17H,6-9H2,1H3. The third-order valence-electron chi connectivity index (χ3n) is 3.47. The van der Waals surface area contributed by atoms with E-state index in [9.17, 15) is 8.78 Å². The van der Waals surface area contributed by atoms with Crippen molar-refractivity contribution >= 4 is 5.69 Å². The minimum absolute atomic E-state index is 0.200. The molecule has 106 valence electrons. The van der Waals surface area contributed by atoms with E-state index in [0.29, 0.717) is 11.8 Å². The van der Waals surface area contributed by atoms with E-state index < -0.39 is 6.61 Å². The maximum absolute atomic E-state index is 12.3. The van der Waals surface area contributed by atoms with Crippen molar-refractivity contribution in [3.63, 3.8) is 0 Å². The van der Waals surface area contributed by atoms with Gasteiger partial charge in [0.15, 0.2) is 0 Å². The van der Waals surface area contributed by atoms with E-state index in [1.54, 1.807) is 31.4 Å². The highest BCUT2D eigenvalue weighted by atomic mass is 19.3. The van der Waals surface area contributed by atoms with Gasteiger partial charge in [-0.2, -0.15) is 8.78 Å². The molecule has 0 saturated heterocycles. The normalized spacial score (nSPS) is 23.4. The highest BCUT2D eigenvalue weighted by Crippen LogP contribution is 2.29. The first-order valence-corrected chi connectivity index (χ1v) is 6.52. The fourth-order valence-corrected chi connectivity index (χ4v) is 2.45. The summed E-state index contributed by atoms with van der Waals surface area (Å²) in [5.41, 5.74) is 0.628. The molecule has 0 aromatic heterocycles. The SMILES string of the molecule is COC1CCC(Nc2ccccc2OC(F)F)CC1. The second kappa shape index (κ2) is 6.70. The van der Waals surface area contributed by atoms with Gasteiger partial charge in [0.05, 0.1) is 11.8 Å². The van der Waals surface area contributed by atoms with E-state index >= 15 is 0 Å². The molecular weight excluding hydrogens is 252 g/mol. The number of anilines is 1. The maximum Gasteiger partial charge on any atom is 0.387 e. The summed E-state index contributed by atoms with van der Waals surface area (Å²) in [5, 5.41) is 3.29. The number of hydrogen-bond acceptors (Lipinski definition) is 3. The molecule has 1 aliphatic carbocycles. The minimum atomic E-state index is -2.80. The van der Waals surface area contributed by atoms with Gasteiger partial charge >= 0.3 is 6.61 Å². The Morgan fingerprint density at radius 3 is 2.47 bits per heavy atom. The summed E-state index contributed by atoms with van der Waals surface area (Å²) in [4.78, 5) is 0. The lowest BCUT2D eigenvalue weighted by Gasteiger charge is -2.29. The van der Waals surface area contributed by atoms with E-state index in [1.165, 1.54) is 0 Å². The Balaban J connectivity index is 1.95. The summed E-state index contributed by atoms with van der Waals surface area (Å²) in [5.74, 6) is 0.200. The molecule has 0 spiro atoms. The van der Waals surface area contributed by atoms with Gasteiger partial charge in [-0.15, -0.1) is 0 Å². The molecule has 0 heterocycles. The molecule has 0 radical (unpaired) electrons. The Labute approximate surface area is 111 Å². The van der Waals surface area contributed by atoms with Crippen LogP contribution in [0.5, 0.6) is 5.75 Å². The number of alkyl halides is 2. The van der Waals surface area contributed by atoms with Crippen LogP contribution in [0.3, 0.4) is 0 Å². The average molecular weight is 271 g/mol. The van der Waals surface area contributed by atoms with Gasteiger partial charge < -0.3 is 14.8 Å². The molecular formula is C14H19F2NO2. The summed E-state index contributed by atoms with van der Waals surface area (Å²) in [6.07, 6.45) is 4.26. The number of ether oxygens (including phenoxy) is 2. The van der Waals surface area contributed by atoms with Gasteiger partial charge in [-0.25, -0.2) is 0 Å². The number of para-hydroxylation sites is 2. The molecule has 1 N–H and O–H groups in total. The third kappa shape index (κ3) is 4.06. The van der Waals surface area contributed by atoms with Crippen molar-refractivity contribution in [1.29, 1.82) is 0 Å². The van der Waals surface area contributed by atoms with E-state index in [2.05, 4.69) is 10.1 Å². The van der Waals surface area contributed by atoms with Crippen LogP contribution < -0.4 is 10.1 Å². The molecule has 1 aliphatic rings. The Kier molecular flexibility index (Phi) is 4.96. The zero-order valence-corrected chi connectivity index (χ0v) is 10.9. The van der Waals surface area contributed by atoms with E-state index in [4.69, 9.17) is 4.74 Å². The van der Waals surface area contributed by atoms with E-state index in [1.807, 2.05) is 0 Å². The van der Waals surface area contributed by atoms with E-state index in [-0.39, 0.29) is 11.8 Å². The highest BCUT2D eigenvalue weighted by Gasteiger charge is 2.21. The first-order valence-electron chi connectivity index (χ1n) is 6.52. The first-order chi connectivity index (χ1) is 9.19. The maximum atomic E-state index is 12.3. The van der Waals surface area contributed by atoms with Gasteiger partial charge in [0.25, 0.3) is 0 Å². The highest BCUT2D eigenvalue weighted by molar-refractivity contribution is 5.56. The van der Waals surface area contributed by atoms with Gasteiger partial charge in [0.2, 0.25) is 0 Å². The van der Waals surface area contributed by atoms with Crippen LogP contribution >= 0.6 is 0 Å². The zero-order valence-electron chi connectivity index (χ0n) is 10.9. The Hall–Kier alpha value is -1.36. The number of benzene rings is 1. The molecule has 0 atom stereocenters. The Morgan fingerprint density at radius 2 is 1.84 bits per heavy atom. The van der Waals surface area contributed by atoms with Crippen molar-refractivity contribution in [2.75, 3.05) is 12.4 Å². The number of methoxy groups -OCH3 is 1. The van der Waals surface area contributed by atoms with Gasteiger partial charge in [0.1, 0.15) is 5.75 Å². The fourth-order valence-electron chi connectivity index (χ4n) is 2.45. The molecule has 1 aromatic carbocycles. The molecule has 0 unspecified atom stereocenters. The molecule has 0 amide bonds. The van der Waals surface area contributed by atoms with Crippen LogP contribution in [-0.4, -0.2) is 25.9 Å². The second-order valence-electron chi connectivity index (χ2n) is 4.73. The number of nitrogens with one attached hydrogen (secondary N) is 1. The molecule has 5 heteroatoms. The van der Waals surface area contributed by atoms with Crippen LogP contribution in [0.15, 0.2) is 24.3 Å². The lowest BCUT2D eigenvalue weighted by Crippen LogP contribution is -2.29. The van der Waals surface area contributed by atoms with Crippen molar-refractivity contribution < 1.29 is 18.3 Å². The molecule has 0 bridgehead atoms. The van der Waals surface area contributed by atoms with Gasteiger partial charge in [-0.3, -0.25) is 0 Å². The van der Waals surface area contributed by atoms with Crippen LogP contribution in [-0.2, 0) is 4.74 Å². The molecule has 0 aliphatic heterocycles. The van der Waals surface area contributed by atoms with Crippen LogP contribution in [0.4, 0.5) is 14.5 Å². The third-order valence-corrected chi connectivity index (χ3v) is 3.47. The molecule has 2 rings (SSSR count). The van der Waals surface area contributed by atoms with Crippen molar-refractivity contribution in [2.24, 2.45) is 0 Å². The van der Waals surface area contributed by atoms with Crippen molar-refractivity contribution in [3.05, 3.63) is 24.3 Å². The molecule has 19 heavy (non-hydrogen) atoms. The predicted molar refractivity (Wildman–Crippen MR) is 69.7 cm³/mol. The summed E-state index contributed by atoms with van der Waals surface area (Å²) in [6, 6.07) is 7.09. The smallest absolute Gasteiger partial charge is 0.387 e. The molecule has 1 aromatic rings. The van der Waals surface area contributed by atoms with Gasteiger partial charge in [0, 0.05) is 13.2 Å². The lowest BCUT2D eigenvalue weighted by atomic mass is 9.93. The van der Waals surface area contributed by atoms with Crippen LogP contribution in [0.2, 0.25) is 0 Å². The van der Waals surface area contributed by atoms with Crippen LogP contribution in [0, 0.1) is 0 Å². The summed E-state index contributed by atoms with van der Waals surface area (Å²) in [6.45, 7) is -2.80. The molecule has 1 saturated carbocycles. The fraction of sp³-hybridized carbons (Fsp3) is 0.571. The second-order valence-corrected chi connectivity index (χ2v) is 4.73. The van der Waals surface area contributed by atoms with Crippen molar-refractivity contribution in [1.82, 2.24) is 0 Å². The first kappa shape index (κ1) is 14.1. The number of hydrogen-bond donors (Lipinski definition) is 1. The zero-order chi connectivity index (χ0) is 13.7. The van der Waals surface area contributed by atoms with Gasteiger partial charge in [-0.1, -0.05) is 12.1 Å². The van der Waals surface area contributed by atoms with Crippen molar-refractivity contribution in [2.45, 2.75) is 44.4 Å². The predicted octanol–water partition coefficient (Wildman–Crippen LogP) is 3.66. The number of halogens is 2. The topological polar surface area (TPSA) is 30.5 Å². The van der Waals surface area contributed by atoms with Crippen LogP contribution in [0.1, 0.15) is 25.7 Å². The minimum Gasteiger partial charge on any atom is -0.433 e. The largest absolute Gasteiger partial charge is 0.433 e. The summed E-state index contributed by atoms with van der Waals surface area (Å²) < 4.78 is 34.4. The van der Waals surface area contributed by atoms with Crippen LogP contribution in [0.25, 0.3) is 0 Å². The molecule has 3 nitrogen and oxygen atoms in total. The Bertz CT molecular complexity index is 393. The average Bonchev–Trinajstić information content (AvgIpc) is 2.41. The van der Waals surface area contributed by atoms with Gasteiger partial charge in [-0.05, 0) is 37.8 Å². The Morgan fingerprint density at radius 1 is 1.16 bits per heavy atom. The van der Waals surface area contributed by atoms with E-state index in [0.717, 1.165) is 25.7 Å². The quantitative estimate of drug-likeness (QED) is 0.886. The molecule has 1 fully saturated rings.